The normalized spacial score (nSPS) is 14.5. The van der Waals surface area contributed by atoms with Crippen molar-refractivity contribution < 1.29 is 9.53 Å². The second-order valence-corrected chi connectivity index (χ2v) is 9.67. The number of nitrogens with zero attached hydrogens (tertiary/aromatic N) is 3. The number of benzene rings is 3. The second kappa shape index (κ2) is 10.6. The Kier molecular flexibility index (Phi) is 7.06. The molecule has 7 nitrogen and oxygen atoms in total. The van der Waals surface area contributed by atoms with E-state index in [1.54, 1.807) is 22.8 Å². The SMILES string of the molecule is Cc1ccc(-n2c(N3CCOCC3)nc3cc(C(=O)NC[C@H](C)c4ccccc4)ccc3c2=O)cc1C. The summed E-state index contributed by atoms with van der Waals surface area (Å²) in [6, 6.07) is 21.2. The van der Waals surface area contributed by atoms with E-state index >= 15 is 0 Å². The molecule has 1 aromatic heterocycles. The monoisotopic (exact) mass is 496 g/mol. The molecule has 0 radical (unpaired) electrons. The summed E-state index contributed by atoms with van der Waals surface area (Å²) >= 11 is 0. The lowest BCUT2D eigenvalue weighted by molar-refractivity contribution is 0.0951. The number of amides is 1. The van der Waals surface area contributed by atoms with Gasteiger partial charge >= 0.3 is 0 Å². The van der Waals surface area contributed by atoms with Crippen molar-refractivity contribution in [3.63, 3.8) is 0 Å². The summed E-state index contributed by atoms with van der Waals surface area (Å²) in [5.74, 6) is 0.568. The summed E-state index contributed by atoms with van der Waals surface area (Å²) in [6.07, 6.45) is 0. The Hall–Kier alpha value is -3.97. The van der Waals surface area contributed by atoms with Crippen molar-refractivity contribution in [2.75, 3.05) is 37.7 Å². The van der Waals surface area contributed by atoms with Gasteiger partial charge in [0.1, 0.15) is 0 Å². The minimum absolute atomic E-state index is 0.153. The number of rotatable bonds is 6. The fraction of sp³-hybridized carbons (Fsp3) is 0.300. The molecule has 190 valence electrons. The first-order valence-corrected chi connectivity index (χ1v) is 12.7. The third kappa shape index (κ3) is 5.13. The molecule has 0 spiro atoms. The number of hydrogen-bond donors (Lipinski definition) is 1. The van der Waals surface area contributed by atoms with Crippen LogP contribution in [0.2, 0.25) is 0 Å². The summed E-state index contributed by atoms with van der Waals surface area (Å²) in [5.41, 5.74) is 5.06. The highest BCUT2D eigenvalue weighted by Gasteiger charge is 2.21. The molecular weight excluding hydrogens is 464 g/mol. The average molecular weight is 497 g/mol. The van der Waals surface area contributed by atoms with Gasteiger partial charge in [0.05, 0.1) is 29.8 Å². The Morgan fingerprint density at radius 2 is 1.76 bits per heavy atom. The number of aryl methyl sites for hydroxylation is 2. The average Bonchev–Trinajstić information content (AvgIpc) is 2.93. The largest absolute Gasteiger partial charge is 0.378 e. The van der Waals surface area contributed by atoms with E-state index in [0.717, 1.165) is 16.8 Å². The quantitative estimate of drug-likeness (QED) is 0.429. The van der Waals surface area contributed by atoms with Gasteiger partial charge in [-0.15, -0.1) is 0 Å². The molecule has 0 saturated carbocycles. The molecule has 3 aromatic carbocycles. The van der Waals surface area contributed by atoms with Crippen molar-refractivity contribution in [2.45, 2.75) is 26.7 Å². The molecule has 1 atom stereocenters. The molecule has 37 heavy (non-hydrogen) atoms. The minimum atomic E-state index is -0.183. The molecule has 5 rings (SSSR count). The third-order valence-corrected chi connectivity index (χ3v) is 7.09. The van der Waals surface area contributed by atoms with Crippen molar-refractivity contribution in [1.29, 1.82) is 0 Å². The molecule has 0 unspecified atom stereocenters. The van der Waals surface area contributed by atoms with E-state index in [4.69, 9.17) is 9.72 Å². The van der Waals surface area contributed by atoms with Gasteiger partial charge in [0.25, 0.3) is 11.5 Å². The van der Waals surface area contributed by atoms with E-state index in [-0.39, 0.29) is 17.4 Å². The summed E-state index contributed by atoms with van der Waals surface area (Å²) in [5, 5.41) is 3.50. The predicted molar refractivity (Wildman–Crippen MR) is 147 cm³/mol. The molecule has 4 aromatic rings. The topological polar surface area (TPSA) is 76.5 Å². The van der Waals surface area contributed by atoms with Crippen LogP contribution in [0.1, 0.15) is 39.9 Å². The number of aromatic nitrogens is 2. The first-order chi connectivity index (χ1) is 17.9. The van der Waals surface area contributed by atoms with Crippen LogP contribution < -0.4 is 15.8 Å². The molecule has 1 fully saturated rings. The lowest BCUT2D eigenvalue weighted by atomic mass is 10.0. The van der Waals surface area contributed by atoms with Crippen LogP contribution in [0.25, 0.3) is 16.6 Å². The van der Waals surface area contributed by atoms with Crippen LogP contribution >= 0.6 is 0 Å². The summed E-state index contributed by atoms with van der Waals surface area (Å²) in [6.45, 7) is 9.11. The second-order valence-electron chi connectivity index (χ2n) is 9.67. The fourth-order valence-corrected chi connectivity index (χ4v) is 4.64. The Labute approximate surface area is 216 Å². The smallest absolute Gasteiger partial charge is 0.267 e. The zero-order valence-electron chi connectivity index (χ0n) is 21.5. The highest BCUT2D eigenvalue weighted by atomic mass is 16.5. The number of carbonyl (C=O) groups is 1. The summed E-state index contributed by atoms with van der Waals surface area (Å²) < 4.78 is 7.22. The minimum Gasteiger partial charge on any atom is -0.378 e. The van der Waals surface area contributed by atoms with Gasteiger partial charge in [0.15, 0.2) is 0 Å². The van der Waals surface area contributed by atoms with Crippen LogP contribution in [0.15, 0.2) is 71.5 Å². The fourth-order valence-electron chi connectivity index (χ4n) is 4.64. The number of carbonyl (C=O) groups excluding carboxylic acids is 1. The van der Waals surface area contributed by atoms with Crippen LogP contribution in [0.4, 0.5) is 5.95 Å². The van der Waals surface area contributed by atoms with Crippen molar-refractivity contribution >= 4 is 22.8 Å². The van der Waals surface area contributed by atoms with Crippen LogP contribution in [0.5, 0.6) is 0 Å². The van der Waals surface area contributed by atoms with E-state index in [1.807, 2.05) is 43.3 Å². The Bertz CT molecular complexity index is 1490. The van der Waals surface area contributed by atoms with Gasteiger partial charge < -0.3 is 15.0 Å². The zero-order chi connectivity index (χ0) is 25.9. The van der Waals surface area contributed by atoms with Crippen LogP contribution in [0.3, 0.4) is 0 Å². The Morgan fingerprint density at radius 1 is 1.00 bits per heavy atom. The van der Waals surface area contributed by atoms with Crippen LogP contribution in [-0.4, -0.2) is 48.3 Å². The highest BCUT2D eigenvalue weighted by Crippen LogP contribution is 2.23. The van der Waals surface area contributed by atoms with Gasteiger partial charge in [-0.2, -0.15) is 0 Å². The molecule has 1 amide bonds. The predicted octanol–water partition coefficient (Wildman–Crippen LogP) is 4.37. The zero-order valence-corrected chi connectivity index (χ0v) is 21.5. The van der Waals surface area contributed by atoms with E-state index in [0.29, 0.717) is 55.3 Å². The number of morpholine rings is 1. The molecule has 1 aliphatic rings. The van der Waals surface area contributed by atoms with E-state index in [9.17, 15) is 9.59 Å². The lowest BCUT2D eigenvalue weighted by Crippen LogP contribution is -2.40. The molecule has 0 aliphatic carbocycles. The molecule has 1 N–H and O–H groups in total. The van der Waals surface area contributed by atoms with Crippen molar-refractivity contribution in [3.05, 3.63) is 99.3 Å². The lowest BCUT2D eigenvalue weighted by Gasteiger charge is -2.30. The molecule has 2 heterocycles. The van der Waals surface area contributed by atoms with Crippen LogP contribution in [0, 0.1) is 13.8 Å². The first kappa shape index (κ1) is 24.7. The maximum absolute atomic E-state index is 13.8. The van der Waals surface area contributed by atoms with Gasteiger partial charge in [-0.1, -0.05) is 43.3 Å². The highest BCUT2D eigenvalue weighted by molar-refractivity contribution is 5.97. The van der Waals surface area contributed by atoms with Gasteiger partial charge in [0.2, 0.25) is 5.95 Å². The Morgan fingerprint density at radius 3 is 2.49 bits per heavy atom. The van der Waals surface area contributed by atoms with Crippen molar-refractivity contribution in [2.24, 2.45) is 0 Å². The molecule has 7 heteroatoms. The number of anilines is 1. The number of fused-ring (bicyclic) bond motifs is 1. The number of hydrogen-bond acceptors (Lipinski definition) is 5. The first-order valence-electron chi connectivity index (χ1n) is 12.7. The number of ether oxygens (including phenoxy) is 1. The number of nitrogens with one attached hydrogen (secondary N) is 1. The van der Waals surface area contributed by atoms with E-state index in [1.165, 1.54) is 5.56 Å². The van der Waals surface area contributed by atoms with Crippen molar-refractivity contribution in [3.8, 4) is 5.69 Å². The standard InChI is InChI=1S/C30H32N4O3/c1-20-9-11-25(17-21(20)2)34-29(36)26-12-10-24(18-27(26)32-30(34)33-13-15-37-16-14-33)28(35)31-19-22(3)23-7-5-4-6-8-23/h4-12,17-18,22H,13-16,19H2,1-3H3,(H,31,35)/t22-/m0/s1. The third-order valence-electron chi connectivity index (χ3n) is 7.09. The summed E-state index contributed by atoms with van der Waals surface area (Å²) in [7, 11) is 0. The van der Waals surface area contributed by atoms with E-state index < -0.39 is 0 Å². The van der Waals surface area contributed by atoms with Gasteiger partial charge in [-0.3, -0.25) is 9.59 Å². The van der Waals surface area contributed by atoms with Crippen LogP contribution in [-0.2, 0) is 4.74 Å². The van der Waals surface area contributed by atoms with Gasteiger partial charge in [0, 0.05) is 25.2 Å². The molecular formula is C30H32N4O3. The Balaban J connectivity index is 1.51. The molecule has 1 aliphatic heterocycles. The maximum atomic E-state index is 13.8. The summed E-state index contributed by atoms with van der Waals surface area (Å²) in [4.78, 5) is 33.8. The maximum Gasteiger partial charge on any atom is 0.267 e. The van der Waals surface area contributed by atoms with Crippen molar-refractivity contribution in [1.82, 2.24) is 14.9 Å². The van der Waals surface area contributed by atoms with Gasteiger partial charge in [-0.25, -0.2) is 9.55 Å². The molecule has 0 bridgehead atoms. The van der Waals surface area contributed by atoms with E-state index in [2.05, 4.69) is 36.2 Å². The molecule has 1 saturated heterocycles. The van der Waals surface area contributed by atoms with Gasteiger partial charge in [-0.05, 0) is 66.8 Å².